The van der Waals surface area contributed by atoms with Crippen LogP contribution in [0.3, 0.4) is 0 Å². The van der Waals surface area contributed by atoms with E-state index in [4.69, 9.17) is 4.74 Å². The second-order valence-corrected chi connectivity index (χ2v) is 9.72. The quantitative estimate of drug-likeness (QED) is 0.386. The van der Waals surface area contributed by atoms with Crippen LogP contribution in [-0.4, -0.2) is 75.0 Å². The van der Waals surface area contributed by atoms with Gasteiger partial charge < -0.3 is 10.1 Å². The van der Waals surface area contributed by atoms with Gasteiger partial charge in [-0.05, 0) is 43.9 Å². The van der Waals surface area contributed by atoms with Gasteiger partial charge in [-0.3, -0.25) is 15.0 Å². The molecule has 0 amide bonds. The predicted molar refractivity (Wildman–Crippen MR) is 111 cm³/mol. The number of sulfonamides is 1. The van der Waals surface area contributed by atoms with Gasteiger partial charge in [-0.2, -0.15) is 4.31 Å². The third-order valence-corrected chi connectivity index (χ3v) is 7.35. The number of hydrogen-bond acceptors (Lipinski definition) is 7. The summed E-state index contributed by atoms with van der Waals surface area (Å²) in [5.41, 5.74) is 0.144. The highest BCUT2D eigenvalue weighted by atomic mass is 32.2. The van der Waals surface area contributed by atoms with Crippen LogP contribution in [0.25, 0.3) is 0 Å². The van der Waals surface area contributed by atoms with Gasteiger partial charge in [-0.25, -0.2) is 8.42 Å². The largest absolute Gasteiger partial charge is 0.379 e. The van der Waals surface area contributed by atoms with E-state index < -0.39 is 14.9 Å². The van der Waals surface area contributed by atoms with Gasteiger partial charge in [-0.15, -0.1) is 0 Å². The van der Waals surface area contributed by atoms with E-state index in [9.17, 15) is 18.5 Å². The van der Waals surface area contributed by atoms with E-state index >= 15 is 0 Å². The number of nitrogens with one attached hydrogen (secondary N) is 1. The fourth-order valence-corrected chi connectivity index (χ4v) is 5.46. The molecule has 0 radical (unpaired) electrons. The van der Waals surface area contributed by atoms with Crippen LogP contribution in [0.2, 0.25) is 0 Å². The van der Waals surface area contributed by atoms with Gasteiger partial charge in [0.25, 0.3) is 5.69 Å². The van der Waals surface area contributed by atoms with E-state index in [0.29, 0.717) is 31.2 Å². The summed E-state index contributed by atoms with van der Waals surface area (Å²) in [4.78, 5) is 13.3. The lowest BCUT2D eigenvalue weighted by atomic mass is 10.0. The third kappa shape index (κ3) is 5.65. The molecule has 0 spiro atoms. The number of anilines is 1. The summed E-state index contributed by atoms with van der Waals surface area (Å²) in [7, 11) is -3.72. The lowest BCUT2D eigenvalue weighted by Crippen LogP contribution is -2.39. The molecular weight excluding hydrogens is 396 g/mol. The normalized spacial score (nSPS) is 21.8. The van der Waals surface area contributed by atoms with Crippen LogP contribution < -0.4 is 5.32 Å². The zero-order valence-corrected chi connectivity index (χ0v) is 17.7. The van der Waals surface area contributed by atoms with Crippen molar-refractivity contribution in [2.24, 2.45) is 5.92 Å². The van der Waals surface area contributed by atoms with Crippen molar-refractivity contribution < 1.29 is 18.1 Å². The molecule has 0 aliphatic carbocycles. The molecule has 0 saturated carbocycles. The molecule has 2 heterocycles. The minimum absolute atomic E-state index is 0.0165. The molecule has 2 aliphatic rings. The molecule has 2 saturated heterocycles. The van der Waals surface area contributed by atoms with Gasteiger partial charge in [0, 0.05) is 38.8 Å². The van der Waals surface area contributed by atoms with Crippen molar-refractivity contribution >= 4 is 21.4 Å². The summed E-state index contributed by atoms with van der Waals surface area (Å²) in [6.07, 6.45) is 2.65. The van der Waals surface area contributed by atoms with Crippen LogP contribution in [0.5, 0.6) is 0 Å². The van der Waals surface area contributed by atoms with E-state index in [2.05, 4.69) is 10.2 Å². The number of hydrogen-bond donors (Lipinski definition) is 1. The smallest absolute Gasteiger partial charge is 0.293 e. The second-order valence-electron chi connectivity index (χ2n) is 7.78. The number of nitro benzene ring substituents is 1. The molecular formula is C19H30N4O5S. The van der Waals surface area contributed by atoms with E-state index in [-0.39, 0.29) is 10.6 Å². The van der Waals surface area contributed by atoms with Crippen molar-refractivity contribution in [2.75, 3.05) is 57.8 Å². The zero-order valence-electron chi connectivity index (χ0n) is 16.9. The van der Waals surface area contributed by atoms with Gasteiger partial charge in [0.05, 0.1) is 23.0 Å². The van der Waals surface area contributed by atoms with Crippen LogP contribution in [0.1, 0.15) is 26.2 Å². The second kappa shape index (κ2) is 9.84. The van der Waals surface area contributed by atoms with E-state index in [1.807, 2.05) is 6.92 Å². The Kier molecular flexibility index (Phi) is 7.44. The maximum absolute atomic E-state index is 12.9. The highest BCUT2D eigenvalue weighted by Crippen LogP contribution is 2.30. The summed E-state index contributed by atoms with van der Waals surface area (Å²) in [6, 6.07) is 4.15. The molecule has 0 unspecified atom stereocenters. The lowest BCUT2D eigenvalue weighted by molar-refractivity contribution is -0.384. The van der Waals surface area contributed by atoms with Crippen molar-refractivity contribution in [2.45, 2.75) is 31.1 Å². The summed E-state index contributed by atoms with van der Waals surface area (Å²) in [6.45, 7) is 7.70. The van der Waals surface area contributed by atoms with Crippen molar-refractivity contribution in [3.63, 3.8) is 0 Å². The minimum atomic E-state index is -3.72. The molecule has 1 aromatic rings. The number of nitro groups is 1. The van der Waals surface area contributed by atoms with Crippen LogP contribution in [0, 0.1) is 16.0 Å². The van der Waals surface area contributed by atoms with Gasteiger partial charge in [0.1, 0.15) is 5.69 Å². The summed E-state index contributed by atoms with van der Waals surface area (Å²) in [5, 5.41) is 14.6. The maximum atomic E-state index is 12.9. The van der Waals surface area contributed by atoms with Crippen molar-refractivity contribution in [1.29, 1.82) is 0 Å². The Balaban J connectivity index is 1.65. The van der Waals surface area contributed by atoms with Gasteiger partial charge >= 0.3 is 0 Å². The summed E-state index contributed by atoms with van der Waals surface area (Å²) >= 11 is 0. The Morgan fingerprint density at radius 2 is 2.03 bits per heavy atom. The van der Waals surface area contributed by atoms with Crippen LogP contribution in [0.4, 0.5) is 11.4 Å². The van der Waals surface area contributed by atoms with Crippen LogP contribution in [-0.2, 0) is 14.8 Å². The SMILES string of the molecule is C[C@@H]1CCCN(S(=O)(=O)c2ccc(NCCCN3CCOCC3)c([N+](=O)[O-])c2)C1. The number of benzene rings is 1. The standard InChI is InChI=1S/C19H30N4O5S/c1-16-4-2-9-22(15-16)29(26,27)17-5-6-18(19(14-17)23(24)25)20-7-3-8-21-10-12-28-13-11-21/h5-6,14,16,20H,2-4,7-13,15H2,1H3/t16-/m1/s1. The summed E-state index contributed by atoms with van der Waals surface area (Å²) in [5.74, 6) is 0.293. The Morgan fingerprint density at radius 1 is 1.28 bits per heavy atom. The lowest BCUT2D eigenvalue weighted by Gasteiger charge is -2.30. The number of ether oxygens (including phenoxy) is 1. The Labute approximate surface area is 172 Å². The average molecular weight is 427 g/mol. The molecule has 1 N–H and O–H groups in total. The topological polar surface area (TPSA) is 105 Å². The Morgan fingerprint density at radius 3 is 2.72 bits per heavy atom. The van der Waals surface area contributed by atoms with Gasteiger partial charge in [-0.1, -0.05) is 6.92 Å². The van der Waals surface area contributed by atoms with E-state index in [0.717, 1.165) is 52.1 Å². The van der Waals surface area contributed by atoms with Crippen molar-refractivity contribution in [3.8, 4) is 0 Å². The fraction of sp³-hybridized carbons (Fsp3) is 0.684. The first-order valence-corrected chi connectivity index (χ1v) is 11.6. The highest BCUT2D eigenvalue weighted by Gasteiger charge is 2.30. The first-order chi connectivity index (χ1) is 13.9. The first-order valence-electron chi connectivity index (χ1n) is 10.2. The molecule has 9 nitrogen and oxygen atoms in total. The molecule has 1 aromatic carbocycles. The molecule has 162 valence electrons. The first kappa shape index (κ1) is 21.9. The fourth-order valence-electron chi connectivity index (χ4n) is 3.84. The monoisotopic (exact) mass is 426 g/mol. The Hall–Kier alpha value is -1.75. The molecule has 0 aromatic heterocycles. The molecule has 1 atom stereocenters. The minimum Gasteiger partial charge on any atom is -0.379 e. The van der Waals surface area contributed by atoms with E-state index in [1.54, 1.807) is 0 Å². The van der Waals surface area contributed by atoms with Gasteiger partial charge in [0.15, 0.2) is 0 Å². The third-order valence-electron chi connectivity index (χ3n) is 5.49. The predicted octanol–water partition coefficient (Wildman–Crippen LogP) is 2.15. The van der Waals surface area contributed by atoms with Crippen molar-refractivity contribution in [1.82, 2.24) is 9.21 Å². The van der Waals surface area contributed by atoms with Crippen LogP contribution >= 0.6 is 0 Å². The zero-order chi connectivity index (χ0) is 20.9. The number of nitrogens with zero attached hydrogens (tertiary/aromatic N) is 3. The summed E-state index contributed by atoms with van der Waals surface area (Å²) < 4.78 is 32.6. The molecule has 10 heteroatoms. The maximum Gasteiger partial charge on any atom is 0.293 e. The molecule has 0 bridgehead atoms. The molecule has 29 heavy (non-hydrogen) atoms. The number of morpholine rings is 1. The highest BCUT2D eigenvalue weighted by molar-refractivity contribution is 7.89. The van der Waals surface area contributed by atoms with E-state index in [1.165, 1.54) is 22.5 Å². The number of rotatable bonds is 8. The van der Waals surface area contributed by atoms with Crippen molar-refractivity contribution in [3.05, 3.63) is 28.3 Å². The molecule has 2 fully saturated rings. The Bertz CT molecular complexity index is 811. The molecule has 2 aliphatic heterocycles. The van der Waals surface area contributed by atoms with Crippen LogP contribution in [0.15, 0.2) is 23.1 Å². The molecule has 3 rings (SSSR count). The van der Waals surface area contributed by atoms with Gasteiger partial charge in [0.2, 0.25) is 10.0 Å². The average Bonchev–Trinajstić information content (AvgIpc) is 2.72. The number of piperidine rings is 1.